The number of hydrogen-bond donors (Lipinski definition) is 2. The first-order valence-electron chi connectivity index (χ1n) is 6.90. The third-order valence-electron chi connectivity index (χ3n) is 3.20. The Bertz CT molecular complexity index is 387. The molecule has 2 amide bonds. The quantitative estimate of drug-likeness (QED) is 0.704. The Morgan fingerprint density at radius 1 is 1.48 bits per heavy atom. The number of esters is 1. The summed E-state index contributed by atoms with van der Waals surface area (Å²) < 4.78 is 9.89. The number of carboxylic acids is 1. The average molecular weight is 302 g/mol. The van der Waals surface area contributed by atoms with E-state index in [1.165, 1.54) is 12.0 Å². The molecule has 1 saturated heterocycles. The first-order chi connectivity index (χ1) is 9.93. The van der Waals surface area contributed by atoms with Crippen LogP contribution in [0.3, 0.4) is 0 Å². The van der Waals surface area contributed by atoms with Crippen molar-refractivity contribution in [1.29, 1.82) is 0 Å². The van der Waals surface area contributed by atoms with Crippen LogP contribution in [-0.2, 0) is 19.1 Å². The van der Waals surface area contributed by atoms with E-state index in [9.17, 15) is 14.4 Å². The summed E-state index contributed by atoms with van der Waals surface area (Å²) in [5.74, 6) is -1.68. The second kappa shape index (κ2) is 8.46. The van der Waals surface area contributed by atoms with Crippen LogP contribution in [-0.4, -0.2) is 66.9 Å². The summed E-state index contributed by atoms with van der Waals surface area (Å²) in [4.78, 5) is 35.8. The predicted molar refractivity (Wildman–Crippen MR) is 72.8 cm³/mol. The summed E-state index contributed by atoms with van der Waals surface area (Å²) in [6, 6.07) is -1.57. The Morgan fingerprint density at radius 3 is 2.81 bits per heavy atom. The molecule has 0 aliphatic carbocycles. The minimum absolute atomic E-state index is 0.00631. The molecule has 2 atom stereocenters. The van der Waals surface area contributed by atoms with Gasteiger partial charge < -0.3 is 24.8 Å². The van der Waals surface area contributed by atoms with Gasteiger partial charge in [-0.25, -0.2) is 9.59 Å². The molecule has 21 heavy (non-hydrogen) atoms. The maximum atomic E-state index is 12.1. The Kier molecular flexibility index (Phi) is 6.93. The molecular weight excluding hydrogens is 280 g/mol. The van der Waals surface area contributed by atoms with Gasteiger partial charge in [0.2, 0.25) is 0 Å². The number of carbonyl (C=O) groups excluding carboxylic acids is 2. The monoisotopic (exact) mass is 302 g/mol. The molecule has 120 valence electrons. The molecule has 0 radical (unpaired) electrons. The molecule has 1 fully saturated rings. The zero-order valence-electron chi connectivity index (χ0n) is 12.3. The number of methoxy groups -OCH3 is 1. The first-order valence-corrected chi connectivity index (χ1v) is 6.90. The molecule has 2 N–H and O–H groups in total. The smallest absolute Gasteiger partial charge is 0.326 e. The van der Waals surface area contributed by atoms with Crippen molar-refractivity contribution in [1.82, 2.24) is 10.2 Å². The fraction of sp³-hybridized carbons (Fsp3) is 0.769. The van der Waals surface area contributed by atoms with Crippen molar-refractivity contribution in [3.63, 3.8) is 0 Å². The van der Waals surface area contributed by atoms with Crippen LogP contribution in [0.5, 0.6) is 0 Å². The first kappa shape index (κ1) is 17.2. The van der Waals surface area contributed by atoms with Crippen LogP contribution in [0, 0.1) is 0 Å². The van der Waals surface area contributed by atoms with Crippen LogP contribution in [0.15, 0.2) is 0 Å². The molecule has 1 aliphatic heterocycles. The molecule has 0 aromatic carbocycles. The van der Waals surface area contributed by atoms with Gasteiger partial charge in [-0.1, -0.05) is 0 Å². The number of nitrogens with one attached hydrogen (secondary N) is 1. The second-order valence-electron chi connectivity index (χ2n) is 4.94. The van der Waals surface area contributed by atoms with Gasteiger partial charge in [-0.2, -0.15) is 0 Å². The SMILES string of the molecule is COC(=O)CC[C@@H](NC(=O)N1CCCOC(C)C1)C(=O)O. The van der Waals surface area contributed by atoms with Gasteiger partial charge in [0, 0.05) is 26.1 Å². The Labute approximate surface area is 123 Å². The number of ether oxygens (including phenoxy) is 2. The molecule has 1 rings (SSSR count). The number of amides is 2. The van der Waals surface area contributed by atoms with Gasteiger partial charge in [0.1, 0.15) is 6.04 Å². The largest absolute Gasteiger partial charge is 0.480 e. The third kappa shape index (κ3) is 5.99. The lowest BCUT2D eigenvalue weighted by atomic mass is 10.1. The minimum Gasteiger partial charge on any atom is -0.480 e. The molecule has 0 aromatic rings. The molecule has 1 aliphatic rings. The highest BCUT2D eigenvalue weighted by atomic mass is 16.5. The maximum Gasteiger partial charge on any atom is 0.326 e. The van der Waals surface area contributed by atoms with Crippen LogP contribution in [0.4, 0.5) is 4.79 Å². The standard InChI is InChI=1S/C13H22N2O6/c1-9-8-15(6-3-7-21-9)13(19)14-10(12(17)18)4-5-11(16)20-2/h9-10H,3-8H2,1-2H3,(H,14,19)(H,17,18)/t9?,10-/m1/s1. The van der Waals surface area contributed by atoms with Gasteiger partial charge in [-0.15, -0.1) is 0 Å². The van der Waals surface area contributed by atoms with E-state index in [-0.39, 0.29) is 18.9 Å². The lowest BCUT2D eigenvalue weighted by Crippen LogP contribution is -2.49. The molecule has 0 bridgehead atoms. The van der Waals surface area contributed by atoms with Crippen LogP contribution >= 0.6 is 0 Å². The van der Waals surface area contributed by atoms with Gasteiger partial charge >= 0.3 is 18.0 Å². The van der Waals surface area contributed by atoms with E-state index < -0.39 is 24.0 Å². The molecule has 0 aromatic heterocycles. The summed E-state index contributed by atoms with van der Waals surface area (Å²) in [7, 11) is 1.23. The molecule has 8 nitrogen and oxygen atoms in total. The Morgan fingerprint density at radius 2 is 2.19 bits per heavy atom. The van der Waals surface area contributed by atoms with Crippen molar-refractivity contribution < 1.29 is 29.0 Å². The number of hydrogen-bond acceptors (Lipinski definition) is 5. The van der Waals surface area contributed by atoms with Crippen LogP contribution in [0.2, 0.25) is 0 Å². The van der Waals surface area contributed by atoms with Gasteiger partial charge in [-0.05, 0) is 19.8 Å². The Balaban J connectivity index is 2.54. The van der Waals surface area contributed by atoms with Crippen molar-refractivity contribution in [3.05, 3.63) is 0 Å². The van der Waals surface area contributed by atoms with Crippen molar-refractivity contribution in [2.45, 2.75) is 38.3 Å². The number of rotatable bonds is 5. The highest BCUT2D eigenvalue weighted by molar-refractivity contribution is 5.83. The molecule has 1 heterocycles. The van der Waals surface area contributed by atoms with Gasteiger partial charge in [0.05, 0.1) is 13.2 Å². The van der Waals surface area contributed by atoms with E-state index in [1.54, 1.807) is 0 Å². The van der Waals surface area contributed by atoms with Crippen molar-refractivity contribution in [2.75, 3.05) is 26.8 Å². The number of carboxylic acid groups (broad SMARTS) is 1. The van der Waals surface area contributed by atoms with E-state index in [4.69, 9.17) is 9.84 Å². The van der Waals surface area contributed by atoms with Gasteiger partial charge in [-0.3, -0.25) is 4.79 Å². The minimum atomic E-state index is -1.17. The second-order valence-corrected chi connectivity index (χ2v) is 4.94. The predicted octanol–water partition coefficient (Wildman–Crippen LogP) is 0.213. The van der Waals surface area contributed by atoms with Crippen LogP contribution in [0.25, 0.3) is 0 Å². The third-order valence-corrected chi connectivity index (χ3v) is 3.20. The summed E-state index contributed by atoms with van der Waals surface area (Å²) >= 11 is 0. The lowest BCUT2D eigenvalue weighted by molar-refractivity contribution is -0.142. The summed E-state index contributed by atoms with van der Waals surface area (Å²) in [6.07, 6.45) is 0.551. The number of carbonyl (C=O) groups is 3. The lowest BCUT2D eigenvalue weighted by Gasteiger charge is -2.24. The van der Waals surface area contributed by atoms with Crippen molar-refractivity contribution in [3.8, 4) is 0 Å². The van der Waals surface area contributed by atoms with Crippen LogP contribution < -0.4 is 5.32 Å². The fourth-order valence-electron chi connectivity index (χ4n) is 2.04. The van der Waals surface area contributed by atoms with E-state index in [0.29, 0.717) is 26.1 Å². The number of urea groups is 1. The average Bonchev–Trinajstić information content (AvgIpc) is 2.67. The van der Waals surface area contributed by atoms with E-state index in [2.05, 4.69) is 10.1 Å². The van der Waals surface area contributed by atoms with E-state index in [0.717, 1.165) is 0 Å². The summed E-state index contributed by atoms with van der Waals surface area (Å²) in [5.41, 5.74) is 0. The molecule has 0 saturated carbocycles. The number of nitrogens with zero attached hydrogens (tertiary/aromatic N) is 1. The normalized spacial score (nSPS) is 20.3. The van der Waals surface area contributed by atoms with Gasteiger partial charge in [0.25, 0.3) is 0 Å². The number of aliphatic carboxylic acids is 1. The molecule has 0 spiro atoms. The Hall–Kier alpha value is -1.83. The highest BCUT2D eigenvalue weighted by Gasteiger charge is 2.25. The fourth-order valence-corrected chi connectivity index (χ4v) is 2.04. The van der Waals surface area contributed by atoms with Gasteiger partial charge in [0.15, 0.2) is 0 Å². The van der Waals surface area contributed by atoms with Crippen LogP contribution in [0.1, 0.15) is 26.2 Å². The zero-order chi connectivity index (χ0) is 15.8. The molecule has 1 unspecified atom stereocenters. The summed E-state index contributed by atoms with van der Waals surface area (Å²) in [5, 5.41) is 11.5. The van der Waals surface area contributed by atoms with Crippen molar-refractivity contribution >= 4 is 18.0 Å². The zero-order valence-corrected chi connectivity index (χ0v) is 12.3. The van der Waals surface area contributed by atoms with E-state index >= 15 is 0 Å². The molecule has 8 heteroatoms. The van der Waals surface area contributed by atoms with E-state index in [1.807, 2.05) is 6.92 Å². The molecular formula is C13H22N2O6. The van der Waals surface area contributed by atoms with Crippen molar-refractivity contribution in [2.24, 2.45) is 0 Å². The maximum absolute atomic E-state index is 12.1. The highest BCUT2D eigenvalue weighted by Crippen LogP contribution is 2.07. The summed E-state index contributed by atoms with van der Waals surface area (Å²) in [6.45, 7) is 3.36. The topological polar surface area (TPSA) is 105 Å².